The van der Waals surface area contributed by atoms with Gasteiger partial charge in [0.1, 0.15) is 0 Å². The SMILES string of the molecule is Cc1sc(C(Cl)c2ccc(Br)c(Cl)c2)cc1Br. The molecule has 0 bridgehead atoms. The molecule has 0 nitrogen and oxygen atoms in total. The molecule has 0 aliphatic rings. The molecular weight excluding hydrogens is 407 g/mol. The molecule has 0 aliphatic carbocycles. The van der Waals surface area contributed by atoms with Crippen LogP contribution in [0.15, 0.2) is 33.2 Å². The van der Waals surface area contributed by atoms with Gasteiger partial charge in [-0.3, -0.25) is 0 Å². The average molecular weight is 415 g/mol. The van der Waals surface area contributed by atoms with Gasteiger partial charge < -0.3 is 0 Å². The van der Waals surface area contributed by atoms with Gasteiger partial charge in [0.2, 0.25) is 0 Å². The molecule has 1 unspecified atom stereocenters. The predicted octanol–water partition coefficient (Wildman–Crippen LogP) is 6.56. The molecule has 1 atom stereocenters. The minimum absolute atomic E-state index is 0.157. The molecule has 90 valence electrons. The number of benzene rings is 1. The highest BCUT2D eigenvalue weighted by molar-refractivity contribution is 9.10. The van der Waals surface area contributed by atoms with Crippen molar-refractivity contribution in [1.82, 2.24) is 0 Å². The van der Waals surface area contributed by atoms with Crippen LogP contribution in [0.4, 0.5) is 0 Å². The maximum Gasteiger partial charge on any atom is 0.0928 e. The van der Waals surface area contributed by atoms with Crippen molar-refractivity contribution in [2.24, 2.45) is 0 Å². The van der Waals surface area contributed by atoms with Crippen LogP contribution in [0.2, 0.25) is 5.02 Å². The van der Waals surface area contributed by atoms with Gasteiger partial charge in [0.15, 0.2) is 0 Å². The van der Waals surface area contributed by atoms with Gasteiger partial charge in [-0.25, -0.2) is 0 Å². The van der Waals surface area contributed by atoms with Crippen LogP contribution in [0.3, 0.4) is 0 Å². The second-order valence-electron chi connectivity index (χ2n) is 3.59. The lowest BCUT2D eigenvalue weighted by molar-refractivity contribution is 1.18. The fourth-order valence-corrected chi connectivity index (χ4v) is 3.78. The number of aryl methyl sites for hydroxylation is 1. The maximum absolute atomic E-state index is 6.46. The Morgan fingerprint density at radius 2 is 1.88 bits per heavy atom. The van der Waals surface area contributed by atoms with E-state index in [0.717, 1.165) is 19.4 Å². The normalized spacial score (nSPS) is 12.8. The van der Waals surface area contributed by atoms with E-state index >= 15 is 0 Å². The zero-order valence-electron chi connectivity index (χ0n) is 8.81. The van der Waals surface area contributed by atoms with Crippen molar-refractivity contribution in [1.29, 1.82) is 0 Å². The number of thiophene rings is 1. The molecule has 0 fully saturated rings. The lowest BCUT2D eigenvalue weighted by atomic mass is 10.1. The summed E-state index contributed by atoms with van der Waals surface area (Å²) in [4.78, 5) is 2.35. The van der Waals surface area contributed by atoms with Crippen molar-refractivity contribution in [3.05, 3.63) is 53.6 Å². The van der Waals surface area contributed by atoms with Gasteiger partial charge >= 0.3 is 0 Å². The molecule has 0 spiro atoms. The van der Waals surface area contributed by atoms with Crippen molar-refractivity contribution < 1.29 is 0 Å². The van der Waals surface area contributed by atoms with E-state index in [-0.39, 0.29) is 5.38 Å². The topological polar surface area (TPSA) is 0 Å². The van der Waals surface area contributed by atoms with E-state index in [1.807, 2.05) is 18.2 Å². The Balaban J connectivity index is 2.36. The molecule has 0 aliphatic heterocycles. The predicted molar refractivity (Wildman–Crippen MR) is 83.6 cm³/mol. The Kier molecular flexibility index (Phi) is 4.59. The molecule has 0 N–H and O–H groups in total. The summed E-state index contributed by atoms with van der Waals surface area (Å²) in [7, 11) is 0. The molecule has 2 rings (SSSR count). The third kappa shape index (κ3) is 3.07. The third-order valence-electron chi connectivity index (χ3n) is 2.36. The number of hydrogen-bond donors (Lipinski definition) is 0. The first kappa shape index (κ1) is 13.9. The quantitative estimate of drug-likeness (QED) is 0.488. The minimum Gasteiger partial charge on any atom is -0.143 e. The van der Waals surface area contributed by atoms with Crippen LogP contribution in [0.1, 0.15) is 20.7 Å². The molecule has 0 amide bonds. The van der Waals surface area contributed by atoms with Crippen molar-refractivity contribution in [3.63, 3.8) is 0 Å². The Hall–Kier alpha value is 0.460. The monoisotopic (exact) mass is 412 g/mol. The maximum atomic E-state index is 6.46. The molecule has 0 saturated heterocycles. The molecule has 17 heavy (non-hydrogen) atoms. The zero-order chi connectivity index (χ0) is 12.6. The summed E-state index contributed by atoms with van der Waals surface area (Å²) in [6.45, 7) is 2.07. The van der Waals surface area contributed by atoms with Crippen LogP contribution in [0, 0.1) is 6.92 Å². The van der Waals surface area contributed by atoms with Crippen molar-refractivity contribution in [3.8, 4) is 0 Å². The molecule has 5 heteroatoms. The number of alkyl halides is 1. The first-order chi connectivity index (χ1) is 7.99. The van der Waals surface area contributed by atoms with Gasteiger partial charge in [-0.2, -0.15) is 0 Å². The summed E-state index contributed by atoms with van der Waals surface area (Å²) >= 11 is 21.1. The fraction of sp³-hybridized carbons (Fsp3) is 0.167. The van der Waals surface area contributed by atoms with E-state index < -0.39 is 0 Å². The smallest absolute Gasteiger partial charge is 0.0928 e. The van der Waals surface area contributed by atoms with Crippen molar-refractivity contribution in [2.75, 3.05) is 0 Å². The lowest BCUT2D eigenvalue weighted by Gasteiger charge is -2.08. The Morgan fingerprint density at radius 1 is 1.18 bits per heavy atom. The molecule has 0 radical (unpaired) electrons. The van der Waals surface area contributed by atoms with E-state index in [9.17, 15) is 0 Å². The lowest BCUT2D eigenvalue weighted by Crippen LogP contribution is -1.90. The first-order valence-electron chi connectivity index (χ1n) is 4.84. The third-order valence-corrected chi connectivity index (χ3v) is 6.41. The van der Waals surface area contributed by atoms with E-state index in [2.05, 4.69) is 44.8 Å². The van der Waals surface area contributed by atoms with Crippen LogP contribution < -0.4 is 0 Å². The van der Waals surface area contributed by atoms with Gasteiger partial charge in [0.05, 0.1) is 10.4 Å². The van der Waals surface area contributed by atoms with Gasteiger partial charge in [0, 0.05) is 18.7 Å². The van der Waals surface area contributed by atoms with E-state index in [1.165, 1.54) is 4.88 Å². The number of halogens is 4. The highest BCUT2D eigenvalue weighted by Crippen LogP contribution is 2.38. The summed E-state index contributed by atoms with van der Waals surface area (Å²) in [6, 6.07) is 7.86. The Bertz CT molecular complexity index is 532. The van der Waals surface area contributed by atoms with Gasteiger partial charge in [-0.05, 0) is 62.5 Å². The fourth-order valence-electron chi connectivity index (χ4n) is 1.44. The number of rotatable bonds is 2. The van der Waals surface area contributed by atoms with Crippen molar-refractivity contribution >= 4 is 66.4 Å². The molecule has 1 aromatic carbocycles. The van der Waals surface area contributed by atoms with E-state index in [1.54, 1.807) is 11.3 Å². The van der Waals surface area contributed by atoms with Crippen LogP contribution in [0.25, 0.3) is 0 Å². The molecule has 1 aromatic heterocycles. The molecule has 1 heterocycles. The van der Waals surface area contributed by atoms with Crippen LogP contribution in [-0.2, 0) is 0 Å². The number of hydrogen-bond acceptors (Lipinski definition) is 1. The van der Waals surface area contributed by atoms with Gasteiger partial charge in [-0.15, -0.1) is 22.9 Å². The summed E-state index contributed by atoms with van der Waals surface area (Å²) in [5.41, 5.74) is 1.01. The summed E-state index contributed by atoms with van der Waals surface area (Å²) in [6.07, 6.45) is 0. The summed E-state index contributed by atoms with van der Waals surface area (Å²) < 4.78 is 1.99. The van der Waals surface area contributed by atoms with E-state index in [0.29, 0.717) is 5.02 Å². The second kappa shape index (κ2) is 5.62. The Labute approximate surface area is 131 Å². The van der Waals surface area contributed by atoms with E-state index in [4.69, 9.17) is 23.2 Å². The van der Waals surface area contributed by atoms with Crippen LogP contribution >= 0.6 is 66.4 Å². The van der Waals surface area contributed by atoms with Crippen molar-refractivity contribution in [2.45, 2.75) is 12.3 Å². The molecule has 0 saturated carbocycles. The zero-order valence-corrected chi connectivity index (χ0v) is 14.3. The second-order valence-corrected chi connectivity index (χ2v) is 7.43. The Morgan fingerprint density at radius 3 is 2.41 bits per heavy atom. The largest absolute Gasteiger partial charge is 0.143 e. The highest BCUT2D eigenvalue weighted by Gasteiger charge is 2.15. The summed E-state index contributed by atoms with van der Waals surface area (Å²) in [5.74, 6) is 0. The highest BCUT2D eigenvalue weighted by atomic mass is 79.9. The first-order valence-corrected chi connectivity index (χ1v) is 8.05. The minimum atomic E-state index is -0.157. The molecular formula is C12H8Br2Cl2S. The summed E-state index contributed by atoms with van der Waals surface area (Å²) in [5, 5.41) is 0.524. The standard InChI is InChI=1S/C12H8Br2Cl2S/c1-6-9(14)5-11(17-6)12(16)7-2-3-8(13)10(15)4-7/h2-5,12H,1H3. The van der Waals surface area contributed by atoms with Crippen LogP contribution in [0.5, 0.6) is 0 Å². The van der Waals surface area contributed by atoms with Gasteiger partial charge in [-0.1, -0.05) is 17.7 Å². The van der Waals surface area contributed by atoms with Gasteiger partial charge in [0.25, 0.3) is 0 Å². The molecule has 2 aromatic rings. The van der Waals surface area contributed by atoms with Crippen LogP contribution in [-0.4, -0.2) is 0 Å². The average Bonchev–Trinajstić information content (AvgIpc) is 2.62.